The van der Waals surface area contributed by atoms with E-state index in [-0.39, 0.29) is 11.3 Å². The highest BCUT2D eigenvalue weighted by atomic mass is 19.4. The van der Waals surface area contributed by atoms with E-state index >= 15 is 0 Å². The van der Waals surface area contributed by atoms with E-state index in [1.54, 1.807) is 24.5 Å². The monoisotopic (exact) mass is 460 g/mol. The zero-order chi connectivity index (χ0) is 24.3. The zero-order valence-corrected chi connectivity index (χ0v) is 17.8. The Morgan fingerprint density at radius 1 is 1.18 bits per heavy atom. The van der Waals surface area contributed by atoms with Crippen molar-refractivity contribution in [1.29, 1.82) is 0 Å². The lowest BCUT2D eigenvalue weighted by Crippen LogP contribution is -2.18. The molecule has 0 radical (unpaired) electrons. The first kappa shape index (κ1) is 23.5. The molecule has 33 heavy (non-hydrogen) atoms. The fourth-order valence-corrected chi connectivity index (χ4v) is 3.32. The van der Waals surface area contributed by atoms with Crippen LogP contribution in [0.4, 0.5) is 18.9 Å². The van der Waals surface area contributed by atoms with Crippen molar-refractivity contribution in [3.05, 3.63) is 86.7 Å². The number of nitro groups is 1. The minimum atomic E-state index is -4.56. The summed E-state index contributed by atoms with van der Waals surface area (Å²) in [5.41, 5.74) is 3.39. The molecule has 0 fully saturated rings. The quantitative estimate of drug-likeness (QED) is 0.325. The van der Waals surface area contributed by atoms with Gasteiger partial charge >= 0.3 is 6.18 Å². The molecule has 172 valence electrons. The molecule has 3 aromatic rings. The van der Waals surface area contributed by atoms with Gasteiger partial charge in [-0.25, -0.2) is 5.43 Å². The van der Waals surface area contributed by atoms with Gasteiger partial charge in [0.05, 0.1) is 29.5 Å². The van der Waals surface area contributed by atoms with E-state index < -0.39 is 22.6 Å². The Morgan fingerprint density at radius 3 is 2.55 bits per heavy atom. The van der Waals surface area contributed by atoms with Crippen LogP contribution in [0.15, 0.2) is 53.6 Å². The van der Waals surface area contributed by atoms with E-state index in [1.165, 1.54) is 37.6 Å². The van der Waals surface area contributed by atoms with Gasteiger partial charge in [-0.2, -0.15) is 18.3 Å². The lowest BCUT2D eigenvalue weighted by molar-refractivity contribution is -0.384. The van der Waals surface area contributed by atoms with Crippen molar-refractivity contribution in [2.75, 3.05) is 7.11 Å². The summed E-state index contributed by atoms with van der Waals surface area (Å²) in [6.45, 7) is 3.53. The second-order valence-electron chi connectivity index (χ2n) is 7.05. The van der Waals surface area contributed by atoms with Gasteiger partial charge in [-0.15, -0.1) is 0 Å². The van der Waals surface area contributed by atoms with E-state index in [4.69, 9.17) is 4.74 Å². The predicted octanol–water partition coefficient (Wildman–Crippen LogP) is 4.79. The molecule has 0 unspecified atom stereocenters. The van der Waals surface area contributed by atoms with Gasteiger partial charge < -0.3 is 9.30 Å². The fourth-order valence-electron chi connectivity index (χ4n) is 3.32. The number of hydrogen-bond donors (Lipinski definition) is 1. The van der Waals surface area contributed by atoms with Crippen LogP contribution in [0.5, 0.6) is 5.75 Å². The summed E-state index contributed by atoms with van der Waals surface area (Å²) in [7, 11) is 1.45. The Labute approximate surface area is 186 Å². The second-order valence-corrected chi connectivity index (χ2v) is 7.05. The maximum absolute atomic E-state index is 12.8. The SMILES string of the molecule is COc1ccc([N+](=O)[O-])cc1-n1c(C)cc(C=NNC(=O)c2cccc(C(F)(F)F)c2)c1C. The Hall–Kier alpha value is -4.15. The molecule has 0 aliphatic heterocycles. The van der Waals surface area contributed by atoms with Crippen molar-refractivity contribution in [2.45, 2.75) is 20.0 Å². The van der Waals surface area contributed by atoms with Crippen LogP contribution in [0.1, 0.15) is 32.9 Å². The Morgan fingerprint density at radius 2 is 1.91 bits per heavy atom. The molecule has 0 spiro atoms. The molecule has 2 aromatic carbocycles. The molecule has 0 atom stereocenters. The van der Waals surface area contributed by atoms with Gasteiger partial charge in [0, 0.05) is 34.6 Å². The highest BCUT2D eigenvalue weighted by Crippen LogP contribution is 2.31. The first-order valence-electron chi connectivity index (χ1n) is 9.55. The van der Waals surface area contributed by atoms with Crippen LogP contribution in [-0.4, -0.2) is 28.7 Å². The van der Waals surface area contributed by atoms with Crippen LogP contribution in [0.3, 0.4) is 0 Å². The number of nitro benzene ring substituents is 1. The number of benzene rings is 2. The molecule has 11 heteroatoms. The first-order valence-corrected chi connectivity index (χ1v) is 9.55. The molecular formula is C22H19F3N4O4. The van der Waals surface area contributed by atoms with Gasteiger partial charge in [0.2, 0.25) is 0 Å². The number of alkyl halides is 3. The number of halogens is 3. The number of nitrogens with one attached hydrogen (secondary N) is 1. The number of ether oxygens (including phenoxy) is 1. The van der Waals surface area contributed by atoms with E-state index in [9.17, 15) is 28.1 Å². The largest absolute Gasteiger partial charge is 0.495 e. The number of hydrazone groups is 1. The van der Waals surface area contributed by atoms with Crippen LogP contribution < -0.4 is 10.2 Å². The van der Waals surface area contributed by atoms with Crippen molar-refractivity contribution >= 4 is 17.8 Å². The number of aryl methyl sites for hydroxylation is 1. The van der Waals surface area contributed by atoms with E-state index in [0.717, 1.165) is 23.9 Å². The molecule has 0 aliphatic rings. The summed E-state index contributed by atoms with van der Waals surface area (Å²) in [5.74, 6) is -0.379. The molecule has 1 heterocycles. The molecule has 0 saturated carbocycles. The molecule has 1 aromatic heterocycles. The van der Waals surface area contributed by atoms with Crippen molar-refractivity contribution in [1.82, 2.24) is 9.99 Å². The Balaban J connectivity index is 1.86. The number of aromatic nitrogens is 1. The van der Waals surface area contributed by atoms with Gasteiger partial charge in [-0.1, -0.05) is 6.07 Å². The van der Waals surface area contributed by atoms with Gasteiger partial charge in [0.15, 0.2) is 0 Å². The third kappa shape index (κ3) is 5.03. The van der Waals surface area contributed by atoms with E-state index in [1.807, 2.05) is 0 Å². The van der Waals surface area contributed by atoms with Crippen molar-refractivity contribution in [2.24, 2.45) is 5.10 Å². The third-order valence-corrected chi connectivity index (χ3v) is 4.91. The normalized spacial score (nSPS) is 11.6. The third-order valence-electron chi connectivity index (χ3n) is 4.91. The average molecular weight is 460 g/mol. The molecule has 1 N–H and O–H groups in total. The van der Waals surface area contributed by atoms with Crippen LogP contribution in [-0.2, 0) is 6.18 Å². The number of methoxy groups -OCH3 is 1. The molecule has 0 bridgehead atoms. The smallest absolute Gasteiger partial charge is 0.416 e. The van der Waals surface area contributed by atoms with Crippen LogP contribution in [0, 0.1) is 24.0 Å². The summed E-state index contributed by atoms with van der Waals surface area (Å²) in [4.78, 5) is 22.9. The average Bonchev–Trinajstić information content (AvgIpc) is 3.05. The first-order chi connectivity index (χ1) is 15.5. The number of amides is 1. The number of rotatable bonds is 6. The van der Waals surface area contributed by atoms with Crippen LogP contribution in [0.25, 0.3) is 5.69 Å². The highest BCUT2D eigenvalue weighted by Gasteiger charge is 2.30. The van der Waals surface area contributed by atoms with Gasteiger partial charge in [0.25, 0.3) is 11.6 Å². The molecular weight excluding hydrogens is 441 g/mol. The topological polar surface area (TPSA) is 98.8 Å². The molecule has 1 amide bonds. The van der Waals surface area contributed by atoms with Crippen molar-refractivity contribution in [3.63, 3.8) is 0 Å². The summed E-state index contributed by atoms with van der Waals surface area (Å²) in [6.07, 6.45) is -3.22. The number of non-ortho nitro benzene ring substituents is 1. The summed E-state index contributed by atoms with van der Waals surface area (Å²) in [6, 6.07) is 9.96. The van der Waals surface area contributed by atoms with Gasteiger partial charge in [0.1, 0.15) is 5.75 Å². The summed E-state index contributed by atoms with van der Waals surface area (Å²) < 4.78 is 45.6. The van der Waals surface area contributed by atoms with Crippen molar-refractivity contribution < 1.29 is 27.6 Å². The fraction of sp³-hybridized carbons (Fsp3) is 0.182. The maximum Gasteiger partial charge on any atom is 0.416 e. The minimum absolute atomic E-state index is 0.109. The van der Waals surface area contributed by atoms with Crippen LogP contribution in [0.2, 0.25) is 0 Å². The van der Waals surface area contributed by atoms with Crippen LogP contribution >= 0.6 is 0 Å². The number of carbonyl (C=O) groups excluding carboxylic acids is 1. The molecule has 0 saturated heterocycles. The highest BCUT2D eigenvalue weighted by molar-refractivity contribution is 5.95. The van der Waals surface area contributed by atoms with Gasteiger partial charge in [-0.3, -0.25) is 14.9 Å². The van der Waals surface area contributed by atoms with Gasteiger partial charge in [-0.05, 0) is 44.2 Å². The summed E-state index contributed by atoms with van der Waals surface area (Å²) >= 11 is 0. The minimum Gasteiger partial charge on any atom is -0.495 e. The molecule has 8 nitrogen and oxygen atoms in total. The number of nitrogens with zero attached hydrogens (tertiary/aromatic N) is 3. The number of hydrogen-bond acceptors (Lipinski definition) is 5. The van der Waals surface area contributed by atoms with E-state index in [0.29, 0.717) is 22.7 Å². The number of carbonyl (C=O) groups is 1. The Kier molecular flexibility index (Phi) is 6.52. The zero-order valence-electron chi connectivity index (χ0n) is 17.8. The lowest BCUT2D eigenvalue weighted by Gasteiger charge is -2.13. The maximum atomic E-state index is 12.8. The predicted molar refractivity (Wildman–Crippen MR) is 115 cm³/mol. The lowest BCUT2D eigenvalue weighted by atomic mass is 10.1. The summed E-state index contributed by atoms with van der Waals surface area (Å²) in [5, 5.41) is 15.0. The van der Waals surface area contributed by atoms with E-state index in [2.05, 4.69) is 10.5 Å². The molecule has 0 aliphatic carbocycles. The second kappa shape index (κ2) is 9.15. The van der Waals surface area contributed by atoms with Crippen molar-refractivity contribution in [3.8, 4) is 11.4 Å². The standard InChI is InChI=1S/C22H19F3N4O4/c1-13-9-16(12-26-27-21(30)15-5-4-6-17(10-15)22(23,24)25)14(2)28(13)19-11-18(29(31)32)7-8-20(19)33-3/h4-12H,1-3H3,(H,27,30). The molecule has 3 rings (SSSR count). The Bertz CT molecular complexity index is 1250.